The minimum atomic E-state index is -1.03. The van der Waals surface area contributed by atoms with E-state index in [1.54, 1.807) is 24.3 Å². The second kappa shape index (κ2) is 10.3. The monoisotopic (exact) mass is 562 g/mol. The van der Waals surface area contributed by atoms with Crippen molar-refractivity contribution >= 4 is 29.3 Å². The molecule has 0 bridgehead atoms. The SMILES string of the molecule is CC1(C)CCC2(CCN(Cc3ccc(CNc4cccc5c4C(=O)N(C4CCC(=O)NC4=O)C5=O)cc3F)CC2)O1. The standard InChI is InChI=1S/C31H35FN4O5/c1-30(2)10-11-31(41-30)12-14-35(15-13-31)18-20-7-6-19(16-22(20)32)17-33-23-5-3-4-21-26(23)29(40)36(28(21)39)24-8-9-25(37)34-27(24)38/h3-7,16,24,33H,8-15,17-18H2,1-2H3,(H,34,37,38). The van der Waals surface area contributed by atoms with E-state index in [0.29, 0.717) is 23.4 Å². The van der Waals surface area contributed by atoms with Crippen molar-refractivity contribution in [1.82, 2.24) is 15.1 Å². The van der Waals surface area contributed by atoms with Gasteiger partial charge in [0, 0.05) is 43.9 Å². The Labute approximate surface area is 238 Å². The molecular formula is C31H35FN4O5. The van der Waals surface area contributed by atoms with Gasteiger partial charge in [-0.15, -0.1) is 0 Å². The molecule has 10 heteroatoms. The van der Waals surface area contributed by atoms with Gasteiger partial charge in [-0.2, -0.15) is 0 Å². The number of benzene rings is 2. The summed E-state index contributed by atoms with van der Waals surface area (Å²) in [5.41, 5.74) is 2.04. The Morgan fingerprint density at radius 2 is 1.80 bits per heavy atom. The Morgan fingerprint density at radius 3 is 2.49 bits per heavy atom. The fraction of sp³-hybridized carbons (Fsp3) is 0.484. The zero-order valence-electron chi connectivity index (χ0n) is 23.4. The number of nitrogens with zero attached hydrogens (tertiary/aromatic N) is 2. The molecule has 6 rings (SSSR count). The van der Waals surface area contributed by atoms with Crippen molar-refractivity contribution in [2.24, 2.45) is 0 Å². The Balaban J connectivity index is 1.09. The van der Waals surface area contributed by atoms with E-state index < -0.39 is 29.7 Å². The number of carbonyl (C=O) groups excluding carboxylic acids is 4. The van der Waals surface area contributed by atoms with Crippen molar-refractivity contribution in [3.05, 3.63) is 64.5 Å². The Kier molecular flexibility index (Phi) is 6.94. The highest BCUT2D eigenvalue weighted by molar-refractivity contribution is 6.25. The smallest absolute Gasteiger partial charge is 0.264 e. The molecule has 1 atom stereocenters. The van der Waals surface area contributed by atoms with Crippen LogP contribution in [-0.2, 0) is 27.4 Å². The summed E-state index contributed by atoms with van der Waals surface area (Å²) in [5.74, 6) is -2.50. The quantitative estimate of drug-likeness (QED) is 0.516. The fourth-order valence-electron chi connectivity index (χ4n) is 6.62. The molecule has 0 aliphatic carbocycles. The molecule has 4 heterocycles. The lowest BCUT2D eigenvalue weighted by Crippen LogP contribution is -2.54. The molecule has 4 aliphatic rings. The van der Waals surface area contributed by atoms with Gasteiger partial charge in [0.05, 0.1) is 22.3 Å². The number of ether oxygens (including phenoxy) is 1. The number of carbonyl (C=O) groups is 4. The van der Waals surface area contributed by atoms with Crippen LogP contribution in [0.1, 0.15) is 84.2 Å². The van der Waals surface area contributed by atoms with Gasteiger partial charge in [0.1, 0.15) is 11.9 Å². The summed E-state index contributed by atoms with van der Waals surface area (Å²) in [5, 5.41) is 5.37. The van der Waals surface area contributed by atoms with Gasteiger partial charge < -0.3 is 10.1 Å². The molecule has 2 aromatic rings. The van der Waals surface area contributed by atoms with E-state index in [1.165, 1.54) is 6.07 Å². The first kappa shape index (κ1) is 27.5. The molecule has 216 valence electrons. The molecule has 2 N–H and O–H groups in total. The summed E-state index contributed by atoms with van der Waals surface area (Å²) < 4.78 is 21.5. The third-order valence-corrected chi connectivity index (χ3v) is 8.91. The van der Waals surface area contributed by atoms with Crippen LogP contribution in [0.15, 0.2) is 36.4 Å². The minimum absolute atomic E-state index is 0.0312. The molecule has 9 nitrogen and oxygen atoms in total. The molecule has 3 saturated heterocycles. The zero-order valence-corrected chi connectivity index (χ0v) is 23.4. The van der Waals surface area contributed by atoms with Gasteiger partial charge in [-0.3, -0.25) is 34.3 Å². The normalized spacial score (nSPS) is 23.7. The highest BCUT2D eigenvalue weighted by Gasteiger charge is 2.46. The van der Waals surface area contributed by atoms with E-state index in [2.05, 4.69) is 29.4 Å². The summed E-state index contributed by atoms with van der Waals surface area (Å²) >= 11 is 0. The number of halogens is 1. The molecule has 0 aromatic heterocycles. The van der Waals surface area contributed by atoms with Crippen molar-refractivity contribution in [3.8, 4) is 0 Å². The van der Waals surface area contributed by atoms with E-state index in [-0.39, 0.29) is 47.5 Å². The van der Waals surface area contributed by atoms with E-state index >= 15 is 4.39 Å². The molecule has 1 unspecified atom stereocenters. The van der Waals surface area contributed by atoms with Gasteiger partial charge >= 0.3 is 0 Å². The lowest BCUT2D eigenvalue weighted by molar-refractivity contribution is -0.136. The number of rotatable bonds is 6. The molecule has 0 saturated carbocycles. The molecule has 0 radical (unpaired) electrons. The number of fused-ring (bicyclic) bond motifs is 1. The van der Waals surface area contributed by atoms with Crippen LogP contribution in [0.3, 0.4) is 0 Å². The van der Waals surface area contributed by atoms with Crippen LogP contribution in [0.2, 0.25) is 0 Å². The van der Waals surface area contributed by atoms with Crippen LogP contribution < -0.4 is 10.6 Å². The van der Waals surface area contributed by atoms with Crippen LogP contribution in [0, 0.1) is 5.82 Å². The molecular weight excluding hydrogens is 527 g/mol. The van der Waals surface area contributed by atoms with Gasteiger partial charge in [-0.05, 0) is 69.7 Å². The first-order valence-electron chi connectivity index (χ1n) is 14.3. The number of imide groups is 2. The van der Waals surface area contributed by atoms with Crippen LogP contribution >= 0.6 is 0 Å². The number of hydrogen-bond donors (Lipinski definition) is 2. The Bertz CT molecular complexity index is 1430. The number of hydrogen-bond acceptors (Lipinski definition) is 7. The summed E-state index contributed by atoms with van der Waals surface area (Å²) in [4.78, 5) is 53.5. The van der Waals surface area contributed by atoms with Gasteiger partial charge in [0.15, 0.2) is 0 Å². The molecule has 4 aliphatic heterocycles. The lowest BCUT2D eigenvalue weighted by atomic mass is 9.88. The molecule has 41 heavy (non-hydrogen) atoms. The molecule has 1 spiro atoms. The van der Waals surface area contributed by atoms with Gasteiger partial charge in [-0.1, -0.05) is 18.2 Å². The van der Waals surface area contributed by atoms with Gasteiger partial charge in [0.25, 0.3) is 11.8 Å². The van der Waals surface area contributed by atoms with Crippen molar-refractivity contribution in [2.75, 3.05) is 18.4 Å². The second-order valence-electron chi connectivity index (χ2n) is 12.3. The van der Waals surface area contributed by atoms with Crippen LogP contribution in [0.4, 0.5) is 10.1 Å². The van der Waals surface area contributed by atoms with E-state index in [9.17, 15) is 19.2 Å². The third kappa shape index (κ3) is 5.26. The average Bonchev–Trinajstić information content (AvgIpc) is 3.37. The highest BCUT2D eigenvalue weighted by Crippen LogP contribution is 2.44. The molecule has 2 aromatic carbocycles. The molecule has 3 fully saturated rings. The maximum atomic E-state index is 15.1. The van der Waals surface area contributed by atoms with E-state index in [4.69, 9.17) is 4.74 Å². The minimum Gasteiger partial charge on any atom is -0.380 e. The van der Waals surface area contributed by atoms with Gasteiger partial charge in [0.2, 0.25) is 11.8 Å². The first-order chi connectivity index (χ1) is 19.5. The number of piperidine rings is 2. The van der Waals surface area contributed by atoms with Gasteiger partial charge in [-0.25, -0.2) is 4.39 Å². The van der Waals surface area contributed by atoms with Crippen LogP contribution in [0.25, 0.3) is 0 Å². The summed E-state index contributed by atoms with van der Waals surface area (Å²) in [6.07, 6.45) is 4.23. The van der Waals surface area contributed by atoms with Crippen LogP contribution in [0.5, 0.6) is 0 Å². The fourth-order valence-corrected chi connectivity index (χ4v) is 6.62. The van der Waals surface area contributed by atoms with Crippen molar-refractivity contribution in [3.63, 3.8) is 0 Å². The maximum Gasteiger partial charge on any atom is 0.264 e. The predicted molar refractivity (Wildman–Crippen MR) is 148 cm³/mol. The summed E-state index contributed by atoms with van der Waals surface area (Å²) in [6.45, 7) is 6.84. The summed E-state index contributed by atoms with van der Waals surface area (Å²) in [7, 11) is 0. The number of likely N-dealkylation sites (tertiary alicyclic amines) is 1. The topological polar surface area (TPSA) is 108 Å². The predicted octanol–water partition coefficient (Wildman–Crippen LogP) is 3.76. The van der Waals surface area contributed by atoms with Crippen LogP contribution in [-0.4, -0.2) is 63.8 Å². The van der Waals surface area contributed by atoms with Crippen molar-refractivity contribution in [1.29, 1.82) is 0 Å². The summed E-state index contributed by atoms with van der Waals surface area (Å²) in [6, 6.07) is 9.03. The van der Waals surface area contributed by atoms with E-state index in [1.807, 2.05) is 6.07 Å². The second-order valence-corrected chi connectivity index (χ2v) is 12.3. The number of nitrogens with one attached hydrogen (secondary N) is 2. The maximum absolute atomic E-state index is 15.1. The third-order valence-electron chi connectivity index (χ3n) is 8.91. The highest BCUT2D eigenvalue weighted by atomic mass is 19.1. The van der Waals surface area contributed by atoms with Crippen molar-refractivity contribution in [2.45, 2.75) is 82.7 Å². The molecule has 4 amide bonds. The van der Waals surface area contributed by atoms with Crippen molar-refractivity contribution < 1.29 is 28.3 Å². The largest absolute Gasteiger partial charge is 0.380 e. The average molecular weight is 563 g/mol. The number of amides is 4. The zero-order chi connectivity index (χ0) is 28.9. The number of anilines is 1. The Hall–Kier alpha value is -3.63. The first-order valence-corrected chi connectivity index (χ1v) is 14.3. The Morgan fingerprint density at radius 1 is 1.02 bits per heavy atom. The lowest BCUT2D eigenvalue weighted by Gasteiger charge is -2.40. The van der Waals surface area contributed by atoms with E-state index in [0.717, 1.165) is 43.7 Å².